The molecule has 0 heterocycles. The highest BCUT2D eigenvalue weighted by molar-refractivity contribution is 9.10. The van der Waals surface area contributed by atoms with E-state index in [9.17, 15) is 18.0 Å². The molecule has 1 N–H and O–H groups in total. The molecule has 2 aromatic rings. The number of anilines is 1. The summed E-state index contributed by atoms with van der Waals surface area (Å²) in [7, 11) is -3.73. The van der Waals surface area contributed by atoms with Gasteiger partial charge in [0.05, 0.1) is 11.9 Å². The van der Waals surface area contributed by atoms with Crippen LogP contribution in [0.1, 0.15) is 38.3 Å². The first kappa shape index (κ1) is 26.9. The quantitative estimate of drug-likeness (QED) is 0.498. The van der Waals surface area contributed by atoms with Gasteiger partial charge < -0.3 is 10.2 Å². The van der Waals surface area contributed by atoms with E-state index in [0.717, 1.165) is 32.6 Å². The number of benzene rings is 2. The fourth-order valence-electron chi connectivity index (χ4n) is 3.16. The van der Waals surface area contributed by atoms with Crippen LogP contribution in [-0.4, -0.2) is 50.0 Å². The topological polar surface area (TPSA) is 86.8 Å². The van der Waals surface area contributed by atoms with Gasteiger partial charge in [-0.25, -0.2) is 8.42 Å². The molecule has 0 unspecified atom stereocenters. The second-order valence-electron chi connectivity index (χ2n) is 8.25. The van der Waals surface area contributed by atoms with Gasteiger partial charge >= 0.3 is 0 Å². The lowest BCUT2D eigenvalue weighted by molar-refractivity contribution is -0.139. The van der Waals surface area contributed by atoms with Crippen LogP contribution in [0.3, 0.4) is 0 Å². The van der Waals surface area contributed by atoms with Crippen molar-refractivity contribution in [1.82, 2.24) is 10.2 Å². The lowest BCUT2D eigenvalue weighted by Gasteiger charge is -2.32. The Labute approximate surface area is 205 Å². The molecule has 0 saturated heterocycles. The molecule has 0 aliphatic heterocycles. The predicted molar refractivity (Wildman–Crippen MR) is 135 cm³/mol. The minimum absolute atomic E-state index is 0.0374. The number of halogens is 1. The molecule has 33 heavy (non-hydrogen) atoms. The summed E-state index contributed by atoms with van der Waals surface area (Å²) in [5, 5.41) is 2.91. The summed E-state index contributed by atoms with van der Waals surface area (Å²) < 4.78 is 27.0. The number of nitrogens with zero attached hydrogens (tertiary/aromatic N) is 2. The summed E-state index contributed by atoms with van der Waals surface area (Å²) in [4.78, 5) is 27.7. The Hall–Kier alpha value is -2.39. The Morgan fingerprint density at radius 3 is 2.12 bits per heavy atom. The van der Waals surface area contributed by atoms with Gasteiger partial charge in [0.2, 0.25) is 21.8 Å². The number of carbonyl (C=O) groups excluding carboxylic acids is 2. The van der Waals surface area contributed by atoms with Gasteiger partial charge in [-0.15, -0.1) is 0 Å². The largest absolute Gasteiger partial charge is 0.352 e. The zero-order valence-electron chi connectivity index (χ0n) is 19.7. The maximum Gasteiger partial charge on any atom is 0.244 e. The molecule has 9 heteroatoms. The van der Waals surface area contributed by atoms with Crippen LogP contribution in [0.15, 0.2) is 53.0 Å². The first-order valence-electron chi connectivity index (χ1n) is 10.8. The van der Waals surface area contributed by atoms with Gasteiger partial charge in [0, 0.05) is 17.1 Å². The van der Waals surface area contributed by atoms with Crippen molar-refractivity contribution in [3.8, 4) is 0 Å². The molecule has 0 aromatic heterocycles. The maximum absolute atomic E-state index is 13.4. The molecule has 0 fully saturated rings. The molecule has 0 bridgehead atoms. The monoisotopic (exact) mass is 537 g/mol. The fourth-order valence-corrected chi connectivity index (χ4v) is 4.27. The van der Waals surface area contributed by atoms with Crippen molar-refractivity contribution < 1.29 is 18.0 Å². The van der Waals surface area contributed by atoms with Gasteiger partial charge in [-0.2, -0.15) is 0 Å². The number of sulfonamides is 1. The first-order valence-corrected chi connectivity index (χ1v) is 13.4. The lowest BCUT2D eigenvalue weighted by atomic mass is 10.1. The van der Waals surface area contributed by atoms with E-state index in [1.807, 2.05) is 45.0 Å². The molecule has 2 atom stereocenters. The number of nitrogens with one attached hydrogen (secondary N) is 1. The van der Waals surface area contributed by atoms with Crippen molar-refractivity contribution in [1.29, 1.82) is 0 Å². The van der Waals surface area contributed by atoms with Crippen LogP contribution in [0.25, 0.3) is 0 Å². The second-order valence-corrected chi connectivity index (χ2v) is 11.1. The number of hydrogen-bond donors (Lipinski definition) is 1. The fraction of sp³-hybridized carbons (Fsp3) is 0.417. The van der Waals surface area contributed by atoms with Gasteiger partial charge in [0.25, 0.3) is 0 Å². The molecular formula is C24H32BrN3O4S. The van der Waals surface area contributed by atoms with E-state index >= 15 is 0 Å². The zero-order valence-corrected chi connectivity index (χ0v) is 22.1. The maximum atomic E-state index is 13.4. The number of aryl methyl sites for hydroxylation is 1. The number of carbonyl (C=O) groups is 2. The third-order valence-corrected chi connectivity index (χ3v) is 7.10. The third kappa shape index (κ3) is 7.85. The molecule has 7 nitrogen and oxygen atoms in total. The molecule has 0 spiro atoms. The van der Waals surface area contributed by atoms with Crippen molar-refractivity contribution in [3.63, 3.8) is 0 Å². The lowest BCUT2D eigenvalue weighted by Crippen LogP contribution is -2.52. The molecule has 0 radical (unpaired) electrons. The standard InChI is InChI=1S/C24H32BrN3O4S/c1-6-18(3)26-24(30)19(4)27(15-20-9-11-21(25)12-10-20)23(29)16-28(33(5,31)32)22-13-7-17(2)8-14-22/h7-14,18-19H,6,15-16H2,1-5H3,(H,26,30)/t18-,19-/m0/s1. The van der Waals surface area contributed by atoms with Crippen molar-refractivity contribution in [2.45, 2.75) is 52.7 Å². The van der Waals surface area contributed by atoms with Crippen LogP contribution in [0.5, 0.6) is 0 Å². The zero-order chi connectivity index (χ0) is 24.8. The summed E-state index contributed by atoms with van der Waals surface area (Å²) in [6, 6.07) is 13.5. The Kier molecular flexibility index (Phi) is 9.48. The van der Waals surface area contributed by atoms with Crippen LogP contribution in [-0.2, 0) is 26.2 Å². The van der Waals surface area contributed by atoms with E-state index in [4.69, 9.17) is 0 Å². The summed E-state index contributed by atoms with van der Waals surface area (Å²) in [5.41, 5.74) is 2.21. The normalized spacial score (nSPS) is 13.2. The molecular weight excluding hydrogens is 506 g/mol. The van der Waals surface area contributed by atoms with Gasteiger partial charge in [0.1, 0.15) is 12.6 Å². The molecule has 0 saturated carbocycles. The Balaban J connectivity index is 2.36. The molecule has 2 rings (SSSR count). The number of amides is 2. The number of rotatable bonds is 10. The van der Waals surface area contributed by atoms with Gasteiger partial charge in [0.15, 0.2) is 0 Å². The van der Waals surface area contributed by atoms with Crippen LogP contribution in [0.2, 0.25) is 0 Å². The van der Waals surface area contributed by atoms with Crippen LogP contribution in [0.4, 0.5) is 5.69 Å². The summed E-state index contributed by atoms with van der Waals surface area (Å²) in [6.07, 6.45) is 1.83. The van der Waals surface area contributed by atoms with E-state index < -0.39 is 28.5 Å². The molecule has 180 valence electrons. The number of hydrogen-bond acceptors (Lipinski definition) is 4. The van der Waals surface area contributed by atoms with Crippen molar-refractivity contribution >= 4 is 43.5 Å². The van der Waals surface area contributed by atoms with Crippen molar-refractivity contribution in [2.75, 3.05) is 17.1 Å². The first-order chi connectivity index (χ1) is 15.4. The van der Waals surface area contributed by atoms with Gasteiger partial charge in [-0.1, -0.05) is 52.7 Å². The summed E-state index contributed by atoms with van der Waals surface area (Å²) in [5.74, 6) is -0.744. The average Bonchev–Trinajstić information content (AvgIpc) is 2.76. The third-order valence-electron chi connectivity index (χ3n) is 5.44. The Morgan fingerprint density at radius 2 is 1.61 bits per heavy atom. The highest BCUT2D eigenvalue weighted by Gasteiger charge is 2.30. The average molecular weight is 539 g/mol. The van der Waals surface area contributed by atoms with E-state index in [-0.39, 0.29) is 18.5 Å². The van der Waals surface area contributed by atoms with E-state index in [2.05, 4.69) is 21.2 Å². The van der Waals surface area contributed by atoms with Crippen molar-refractivity contribution in [2.24, 2.45) is 0 Å². The minimum atomic E-state index is -3.73. The van der Waals surface area contributed by atoms with E-state index in [1.54, 1.807) is 31.2 Å². The van der Waals surface area contributed by atoms with Crippen LogP contribution in [0, 0.1) is 6.92 Å². The summed E-state index contributed by atoms with van der Waals surface area (Å²) >= 11 is 3.40. The highest BCUT2D eigenvalue weighted by atomic mass is 79.9. The Bertz CT molecular complexity index is 1060. The molecule has 0 aliphatic carbocycles. The molecule has 2 amide bonds. The molecule has 0 aliphatic rings. The minimum Gasteiger partial charge on any atom is -0.352 e. The van der Waals surface area contributed by atoms with E-state index in [0.29, 0.717) is 5.69 Å². The summed E-state index contributed by atoms with van der Waals surface area (Å²) in [6.45, 7) is 7.19. The van der Waals surface area contributed by atoms with E-state index in [1.165, 1.54) is 4.90 Å². The van der Waals surface area contributed by atoms with Crippen molar-refractivity contribution in [3.05, 3.63) is 64.1 Å². The van der Waals surface area contributed by atoms with Crippen LogP contribution < -0.4 is 9.62 Å². The Morgan fingerprint density at radius 1 is 1.03 bits per heavy atom. The molecule has 2 aromatic carbocycles. The smallest absolute Gasteiger partial charge is 0.244 e. The predicted octanol–water partition coefficient (Wildman–Crippen LogP) is 3.86. The van der Waals surface area contributed by atoms with Crippen LogP contribution >= 0.6 is 15.9 Å². The van der Waals surface area contributed by atoms with Gasteiger partial charge in [-0.05, 0) is 57.0 Å². The SMILES string of the molecule is CC[C@H](C)NC(=O)[C@H](C)N(Cc1ccc(Br)cc1)C(=O)CN(c1ccc(C)cc1)S(C)(=O)=O. The second kappa shape index (κ2) is 11.7. The van der Waals surface area contributed by atoms with Gasteiger partial charge in [-0.3, -0.25) is 13.9 Å². The highest BCUT2D eigenvalue weighted by Crippen LogP contribution is 2.20.